The summed E-state index contributed by atoms with van der Waals surface area (Å²) in [5.41, 5.74) is 2.29. The van der Waals surface area contributed by atoms with Crippen molar-refractivity contribution in [1.82, 2.24) is 0 Å². The molecular formula is C22H33NO2. The van der Waals surface area contributed by atoms with Crippen LogP contribution in [0.5, 0.6) is 0 Å². The number of hydrogen-bond acceptors (Lipinski definition) is 2. The summed E-state index contributed by atoms with van der Waals surface area (Å²) in [6, 6.07) is 8.51. The maximum atomic E-state index is 13.2. The van der Waals surface area contributed by atoms with Gasteiger partial charge in [-0.1, -0.05) is 39.8 Å². The molecule has 1 aliphatic carbocycles. The zero-order chi connectivity index (χ0) is 18.2. The quantitative estimate of drug-likeness (QED) is 0.866. The Morgan fingerprint density at radius 2 is 1.76 bits per heavy atom. The van der Waals surface area contributed by atoms with E-state index in [0.717, 1.165) is 50.8 Å². The first-order valence-electron chi connectivity index (χ1n) is 9.87. The fourth-order valence-electron chi connectivity index (χ4n) is 4.58. The molecule has 0 aromatic heterocycles. The molecule has 2 aliphatic rings. The molecule has 0 bridgehead atoms. The summed E-state index contributed by atoms with van der Waals surface area (Å²) in [6.45, 7) is 9.50. The van der Waals surface area contributed by atoms with Crippen molar-refractivity contribution in [3.05, 3.63) is 29.8 Å². The van der Waals surface area contributed by atoms with Crippen molar-refractivity contribution in [3.63, 3.8) is 0 Å². The van der Waals surface area contributed by atoms with Gasteiger partial charge in [-0.3, -0.25) is 4.79 Å². The molecule has 1 amide bonds. The van der Waals surface area contributed by atoms with Gasteiger partial charge in [-0.2, -0.15) is 0 Å². The van der Waals surface area contributed by atoms with Gasteiger partial charge < -0.3 is 10.0 Å². The van der Waals surface area contributed by atoms with Gasteiger partial charge in [-0.05, 0) is 67.6 Å². The van der Waals surface area contributed by atoms with Gasteiger partial charge in [0.05, 0.1) is 11.5 Å². The second-order valence-corrected chi connectivity index (χ2v) is 9.10. The van der Waals surface area contributed by atoms with Crippen molar-refractivity contribution >= 4 is 11.6 Å². The highest BCUT2D eigenvalue weighted by atomic mass is 16.3. The number of benzene rings is 1. The van der Waals surface area contributed by atoms with Gasteiger partial charge in [0.2, 0.25) is 5.91 Å². The van der Waals surface area contributed by atoms with E-state index in [1.54, 1.807) is 0 Å². The number of aliphatic hydroxyl groups excluding tert-OH is 1. The van der Waals surface area contributed by atoms with E-state index in [9.17, 15) is 9.90 Å². The SMILES string of the molecule is CCC(O)[C@H]1CC[C@@]2(CCN(c3ccc(C(C)(C)C)cc3)C2=O)CC1. The van der Waals surface area contributed by atoms with Gasteiger partial charge in [-0.25, -0.2) is 0 Å². The van der Waals surface area contributed by atoms with Crippen LogP contribution in [-0.4, -0.2) is 23.7 Å². The molecule has 1 saturated heterocycles. The van der Waals surface area contributed by atoms with Crippen LogP contribution in [0.1, 0.15) is 71.8 Å². The van der Waals surface area contributed by atoms with E-state index in [4.69, 9.17) is 0 Å². The first-order chi connectivity index (χ1) is 11.8. The van der Waals surface area contributed by atoms with Gasteiger partial charge >= 0.3 is 0 Å². The largest absolute Gasteiger partial charge is 0.393 e. The summed E-state index contributed by atoms with van der Waals surface area (Å²) in [7, 11) is 0. The van der Waals surface area contributed by atoms with Crippen molar-refractivity contribution in [2.45, 2.75) is 77.7 Å². The molecule has 1 N–H and O–H groups in total. The topological polar surface area (TPSA) is 40.5 Å². The van der Waals surface area contributed by atoms with E-state index in [0.29, 0.717) is 11.8 Å². The van der Waals surface area contributed by atoms with E-state index in [1.807, 2.05) is 11.8 Å². The molecule has 1 heterocycles. The first kappa shape index (κ1) is 18.4. The maximum absolute atomic E-state index is 13.2. The van der Waals surface area contributed by atoms with Crippen LogP contribution in [0.2, 0.25) is 0 Å². The highest BCUT2D eigenvalue weighted by Gasteiger charge is 2.49. The molecular weight excluding hydrogens is 310 g/mol. The molecule has 1 spiro atoms. The third-order valence-corrected chi connectivity index (χ3v) is 6.51. The van der Waals surface area contributed by atoms with Crippen LogP contribution in [0.25, 0.3) is 0 Å². The molecule has 3 heteroatoms. The van der Waals surface area contributed by atoms with E-state index in [2.05, 4.69) is 45.0 Å². The number of aliphatic hydroxyl groups is 1. The highest BCUT2D eigenvalue weighted by molar-refractivity contribution is 6.00. The summed E-state index contributed by atoms with van der Waals surface area (Å²) in [5, 5.41) is 10.1. The zero-order valence-corrected chi connectivity index (χ0v) is 16.2. The Morgan fingerprint density at radius 3 is 2.28 bits per heavy atom. The number of carbonyl (C=O) groups is 1. The monoisotopic (exact) mass is 343 g/mol. The van der Waals surface area contributed by atoms with E-state index in [-0.39, 0.29) is 16.9 Å². The number of anilines is 1. The molecule has 25 heavy (non-hydrogen) atoms. The lowest BCUT2D eigenvalue weighted by Crippen LogP contribution is -2.39. The Labute approximate surface area is 152 Å². The Bertz CT molecular complexity index is 606. The number of nitrogens with zero attached hydrogens (tertiary/aromatic N) is 1. The van der Waals surface area contributed by atoms with Crippen LogP contribution in [0.4, 0.5) is 5.69 Å². The molecule has 3 rings (SSSR count). The minimum absolute atomic E-state index is 0.132. The normalized spacial score (nSPS) is 28.6. The molecule has 1 aromatic carbocycles. The second-order valence-electron chi connectivity index (χ2n) is 9.10. The summed E-state index contributed by atoms with van der Waals surface area (Å²) < 4.78 is 0. The minimum atomic E-state index is -0.199. The van der Waals surface area contributed by atoms with Gasteiger partial charge in [-0.15, -0.1) is 0 Å². The average Bonchev–Trinajstić information content (AvgIpc) is 2.91. The Balaban J connectivity index is 1.70. The van der Waals surface area contributed by atoms with Crippen LogP contribution in [-0.2, 0) is 10.2 Å². The number of hydrogen-bond donors (Lipinski definition) is 1. The molecule has 1 unspecified atom stereocenters. The van der Waals surface area contributed by atoms with E-state index >= 15 is 0 Å². The summed E-state index contributed by atoms with van der Waals surface area (Å²) in [4.78, 5) is 15.2. The number of carbonyl (C=O) groups excluding carboxylic acids is 1. The second kappa shape index (κ2) is 6.75. The molecule has 1 atom stereocenters. The lowest BCUT2D eigenvalue weighted by Gasteiger charge is -2.37. The fraction of sp³-hybridized carbons (Fsp3) is 0.682. The summed E-state index contributed by atoms with van der Waals surface area (Å²) in [5.74, 6) is 0.684. The fourth-order valence-corrected chi connectivity index (χ4v) is 4.58. The Morgan fingerprint density at radius 1 is 1.16 bits per heavy atom. The molecule has 1 aliphatic heterocycles. The van der Waals surface area contributed by atoms with Crippen LogP contribution in [0.3, 0.4) is 0 Å². The molecule has 138 valence electrons. The molecule has 2 fully saturated rings. The van der Waals surface area contributed by atoms with Crippen molar-refractivity contribution in [2.24, 2.45) is 11.3 Å². The highest BCUT2D eigenvalue weighted by Crippen LogP contribution is 2.48. The molecule has 1 saturated carbocycles. The number of amides is 1. The van der Waals surface area contributed by atoms with Crippen molar-refractivity contribution < 1.29 is 9.90 Å². The van der Waals surface area contributed by atoms with Gasteiger partial charge in [0.1, 0.15) is 0 Å². The van der Waals surface area contributed by atoms with Crippen LogP contribution in [0.15, 0.2) is 24.3 Å². The number of rotatable bonds is 3. The standard InChI is InChI=1S/C22H33NO2/c1-5-19(24)16-10-12-22(13-11-16)14-15-23(20(22)25)18-8-6-17(7-9-18)21(2,3)4/h6-9,16,19,24H,5,10-15H2,1-4H3/t16-,19?,22-. The molecule has 1 aromatic rings. The van der Waals surface area contributed by atoms with E-state index < -0.39 is 0 Å². The molecule has 3 nitrogen and oxygen atoms in total. The predicted octanol–water partition coefficient (Wildman–Crippen LogP) is 4.67. The van der Waals surface area contributed by atoms with E-state index in [1.165, 1.54) is 5.56 Å². The third-order valence-electron chi connectivity index (χ3n) is 6.51. The minimum Gasteiger partial charge on any atom is -0.393 e. The van der Waals surface area contributed by atoms with Crippen LogP contribution < -0.4 is 4.90 Å². The Hall–Kier alpha value is -1.35. The van der Waals surface area contributed by atoms with Crippen molar-refractivity contribution in [2.75, 3.05) is 11.4 Å². The van der Waals surface area contributed by atoms with Crippen LogP contribution >= 0.6 is 0 Å². The molecule has 0 radical (unpaired) electrons. The van der Waals surface area contributed by atoms with Crippen molar-refractivity contribution in [1.29, 1.82) is 0 Å². The maximum Gasteiger partial charge on any atom is 0.233 e. The van der Waals surface area contributed by atoms with Gasteiger partial charge in [0.25, 0.3) is 0 Å². The van der Waals surface area contributed by atoms with Crippen LogP contribution in [0, 0.1) is 11.3 Å². The summed E-state index contributed by atoms with van der Waals surface area (Å²) >= 11 is 0. The van der Waals surface area contributed by atoms with Gasteiger partial charge in [0, 0.05) is 12.2 Å². The lowest BCUT2D eigenvalue weighted by atomic mass is 9.68. The first-order valence-corrected chi connectivity index (χ1v) is 9.87. The summed E-state index contributed by atoms with van der Waals surface area (Å²) in [6.07, 6.45) is 5.41. The van der Waals surface area contributed by atoms with Crippen molar-refractivity contribution in [3.8, 4) is 0 Å². The third kappa shape index (κ3) is 3.48. The zero-order valence-electron chi connectivity index (χ0n) is 16.2. The average molecular weight is 344 g/mol. The Kier molecular flexibility index (Phi) is 4.98. The lowest BCUT2D eigenvalue weighted by molar-refractivity contribution is -0.128. The van der Waals surface area contributed by atoms with Gasteiger partial charge in [0.15, 0.2) is 0 Å². The smallest absolute Gasteiger partial charge is 0.233 e. The predicted molar refractivity (Wildman–Crippen MR) is 103 cm³/mol.